The molecule has 0 spiro atoms. The highest BCUT2D eigenvalue weighted by molar-refractivity contribution is 5.46. The van der Waals surface area contributed by atoms with Gasteiger partial charge in [-0.25, -0.2) is 0 Å². The Hall–Kier alpha value is -2.60. The van der Waals surface area contributed by atoms with Crippen molar-refractivity contribution in [2.24, 2.45) is 0 Å². The van der Waals surface area contributed by atoms with Crippen molar-refractivity contribution in [2.45, 2.75) is 6.10 Å². The van der Waals surface area contributed by atoms with Crippen molar-refractivity contribution >= 4 is 5.69 Å². The average Bonchev–Trinajstić information content (AvgIpc) is 2.53. The molecule has 1 N–H and O–H groups in total. The zero-order valence-electron chi connectivity index (χ0n) is 11.6. The maximum atomic E-state index is 10.8. The van der Waals surface area contributed by atoms with Crippen molar-refractivity contribution in [3.63, 3.8) is 0 Å². The lowest BCUT2D eigenvalue weighted by Crippen LogP contribution is -2.02. The zero-order chi connectivity index (χ0) is 15.4. The highest BCUT2D eigenvalue weighted by atomic mass is 16.6. The number of nitro groups is 1. The molecule has 1 atom stereocenters. The topological polar surface area (TPSA) is 81.8 Å². The molecule has 1 unspecified atom stereocenters. The van der Waals surface area contributed by atoms with Crippen LogP contribution in [0.25, 0.3) is 0 Å². The highest BCUT2D eigenvalue weighted by Crippen LogP contribution is 2.32. The fourth-order valence-electron chi connectivity index (χ4n) is 2.02. The molecule has 110 valence electrons. The number of aliphatic hydroxyl groups excluding tert-OH is 1. The van der Waals surface area contributed by atoms with E-state index in [2.05, 4.69) is 0 Å². The molecule has 2 aromatic rings. The first-order chi connectivity index (χ1) is 10.1. The molecule has 0 fully saturated rings. The van der Waals surface area contributed by atoms with Crippen LogP contribution in [0.5, 0.6) is 11.5 Å². The summed E-state index contributed by atoms with van der Waals surface area (Å²) < 4.78 is 10.3. The van der Waals surface area contributed by atoms with Crippen molar-refractivity contribution in [1.82, 2.24) is 0 Å². The summed E-state index contributed by atoms with van der Waals surface area (Å²) in [4.78, 5) is 10.3. The quantitative estimate of drug-likeness (QED) is 0.676. The molecule has 0 saturated carbocycles. The number of aliphatic hydroxyl groups is 1. The first-order valence-corrected chi connectivity index (χ1v) is 6.21. The molecule has 0 radical (unpaired) electrons. The summed E-state index contributed by atoms with van der Waals surface area (Å²) in [7, 11) is 3.02. The molecule has 0 aliphatic carbocycles. The lowest BCUT2D eigenvalue weighted by atomic mass is 10.0. The molecule has 0 aromatic heterocycles. The van der Waals surface area contributed by atoms with E-state index < -0.39 is 11.0 Å². The van der Waals surface area contributed by atoms with Crippen LogP contribution >= 0.6 is 0 Å². The van der Waals surface area contributed by atoms with E-state index in [1.165, 1.54) is 32.4 Å². The van der Waals surface area contributed by atoms with Crippen molar-refractivity contribution < 1.29 is 19.5 Å². The van der Waals surface area contributed by atoms with Crippen LogP contribution in [-0.4, -0.2) is 24.2 Å². The third kappa shape index (κ3) is 3.11. The summed E-state index contributed by atoms with van der Waals surface area (Å²) in [5, 5.41) is 21.1. The first-order valence-electron chi connectivity index (χ1n) is 6.21. The Balaban J connectivity index is 2.37. The molecular formula is C15H15NO5. The minimum Gasteiger partial charge on any atom is -0.493 e. The standard InChI is InChI=1S/C15H15NO5/c1-20-13-7-6-11(9-14(13)21-2)15(17)10-4-3-5-12(8-10)16(18)19/h3-9,15,17H,1-2H3. The third-order valence-corrected chi connectivity index (χ3v) is 3.12. The Kier molecular flexibility index (Phi) is 4.39. The van der Waals surface area contributed by atoms with Gasteiger partial charge in [0.05, 0.1) is 19.1 Å². The van der Waals surface area contributed by atoms with Crippen LogP contribution < -0.4 is 9.47 Å². The summed E-state index contributed by atoms with van der Waals surface area (Å²) >= 11 is 0. The molecule has 6 nitrogen and oxygen atoms in total. The van der Waals surface area contributed by atoms with Crippen LogP contribution in [0.2, 0.25) is 0 Å². The van der Waals surface area contributed by atoms with Gasteiger partial charge in [-0.1, -0.05) is 18.2 Å². The number of benzene rings is 2. The van der Waals surface area contributed by atoms with Crippen LogP contribution in [0.1, 0.15) is 17.2 Å². The largest absolute Gasteiger partial charge is 0.493 e. The van der Waals surface area contributed by atoms with Gasteiger partial charge in [-0.05, 0) is 23.3 Å². The van der Waals surface area contributed by atoms with Gasteiger partial charge in [0.25, 0.3) is 5.69 Å². The van der Waals surface area contributed by atoms with Crippen LogP contribution in [0.4, 0.5) is 5.69 Å². The van der Waals surface area contributed by atoms with Gasteiger partial charge in [-0.15, -0.1) is 0 Å². The van der Waals surface area contributed by atoms with Crippen molar-refractivity contribution in [3.05, 3.63) is 63.7 Å². The minimum atomic E-state index is -0.982. The van der Waals surface area contributed by atoms with Gasteiger partial charge in [-0.3, -0.25) is 10.1 Å². The Morgan fingerprint density at radius 3 is 2.33 bits per heavy atom. The molecule has 6 heteroatoms. The fourth-order valence-corrected chi connectivity index (χ4v) is 2.02. The fraction of sp³-hybridized carbons (Fsp3) is 0.200. The van der Waals surface area contributed by atoms with Gasteiger partial charge in [0, 0.05) is 12.1 Å². The summed E-state index contributed by atoms with van der Waals surface area (Å²) in [6.07, 6.45) is -0.982. The number of hydrogen-bond acceptors (Lipinski definition) is 5. The van der Waals surface area contributed by atoms with Crippen LogP contribution in [0.3, 0.4) is 0 Å². The molecule has 0 bridgehead atoms. The summed E-state index contributed by atoms with van der Waals surface area (Å²) in [6, 6.07) is 10.9. The second kappa shape index (κ2) is 6.23. The zero-order valence-corrected chi connectivity index (χ0v) is 11.6. The van der Waals surface area contributed by atoms with Crippen molar-refractivity contribution in [3.8, 4) is 11.5 Å². The monoisotopic (exact) mass is 289 g/mol. The molecule has 2 rings (SSSR count). The van der Waals surface area contributed by atoms with E-state index in [-0.39, 0.29) is 5.69 Å². The van der Waals surface area contributed by atoms with Gasteiger partial charge in [0.15, 0.2) is 11.5 Å². The third-order valence-electron chi connectivity index (χ3n) is 3.12. The van der Waals surface area contributed by atoms with Gasteiger partial charge in [-0.2, -0.15) is 0 Å². The SMILES string of the molecule is COc1ccc(C(O)c2cccc([N+](=O)[O-])c2)cc1OC. The molecular weight excluding hydrogens is 274 g/mol. The maximum Gasteiger partial charge on any atom is 0.269 e. The normalized spacial score (nSPS) is 11.8. The van der Waals surface area contributed by atoms with Crippen LogP contribution in [0.15, 0.2) is 42.5 Å². The number of hydrogen-bond donors (Lipinski definition) is 1. The van der Waals surface area contributed by atoms with E-state index in [0.29, 0.717) is 22.6 Å². The lowest BCUT2D eigenvalue weighted by molar-refractivity contribution is -0.385. The lowest BCUT2D eigenvalue weighted by Gasteiger charge is -2.14. The van der Waals surface area contributed by atoms with Gasteiger partial charge >= 0.3 is 0 Å². The first kappa shape index (κ1) is 14.8. The highest BCUT2D eigenvalue weighted by Gasteiger charge is 2.16. The minimum absolute atomic E-state index is 0.0629. The predicted molar refractivity (Wildman–Crippen MR) is 76.7 cm³/mol. The van der Waals surface area contributed by atoms with E-state index in [1.54, 1.807) is 24.3 Å². The smallest absolute Gasteiger partial charge is 0.269 e. The number of nitrogens with zero attached hydrogens (tertiary/aromatic N) is 1. The summed E-state index contributed by atoms with van der Waals surface area (Å²) in [5.41, 5.74) is 0.941. The number of methoxy groups -OCH3 is 2. The molecule has 2 aromatic carbocycles. The van der Waals surface area contributed by atoms with Crippen LogP contribution in [-0.2, 0) is 0 Å². The second-order valence-electron chi connectivity index (χ2n) is 4.37. The Bertz CT molecular complexity index is 656. The molecule has 0 amide bonds. The Morgan fingerprint density at radius 1 is 1.05 bits per heavy atom. The number of nitro benzene ring substituents is 1. The Labute approximate surface area is 121 Å². The number of rotatable bonds is 5. The molecule has 0 aliphatic rings. The van der Waals surface area contributed by atoms with Gasteiger partial charge < -0.3 is 14.6 Å². The van der Waals surface area contributed by atoms with E-state index in [4.69, 9.17) is 9.47 Å². The van der Waals surface area contributed by atoms with Crippen molar-refractivity contribution in [2.75, 3.05) is 14.2 Å². The predicted octanol–water partition coefficient (Wildman–Crippen LogP) is 2.69. The molecule has 0 aliphatic heterocycles. The van der Waals surface area contributed by atoms with Gasteiger partial charge in [0.1, 0.15) is 6.10 Å². The molecule has 0 saturated heterocycles. The van der Waals surface area contributed by atoms with Crippen molar-refractivity contribution in [1.29, 1.82) is 0 Å². The summed E-state index contributed by atoms with van der Waals surface area (Å²) in [6.45, 7) is 0. The number of non-ortho nitro benzene ring substituents is 1. The van der Waals surface area contributed by atoms with Gasteiger partial charge in [0.2, 0.25) is 0 Å². The second-order valence-corrected chi connectivity index (χ2v) is 4.37. The average molecular weight is 289 g/mol. The molecule has 0 heterocycles. The summed E-state index contributed by atoms with van der Waals surface area (Å²) in [5.74, 6) is 1.03. The van der Waals surface area contributed by atoms with Crippen LogP contribution in [0, 0.1) is 10.1 Å². The van der Waals surface area contributed by atoms with E-state index in [1.807, 2.05) is 0 Å². The number of ether oxygens (including phenoxy) is 2. The molecule has 21 heavy (non-hydrogen) atoms. The van der Waals surface area contributed by atoms with E-state index in [0.717, 1.165) is 0 Å². The van der Waals surface area contributed by atoms with E-state index >= 15 is 0 Å². The maximum absolute atomic E-state index is 10.8. The van der Waals surface area contributed by atoms with E-state index in [9.17, 15) is 15.2 Å². The Morgan fingerprint density at radius 2 is 1.71 bits per heavy atom.